The molecule has 1 amide bonds. The lowest BCUT2D eigenvalue weighted by Gasteiger charge is -2.08. The van der Waals surface area contributed by atoms with Crippen LogP contribution in [0.3, 0.4) is 0 Å². The van der Waals surface area contributed by atoms with Gasteiger partial charge in [0.15, 0.2) is 0 Å². The van der Waals surface area contributed by atoms with Gasteiger partial charge in [0.1, 0.15) is 5.82 Å². The third kappa shape index (κ3) is 2.22. The lowest BCUT2D eigenvalue weighted by atomic mass is 10.0. The number of aryl methyl sites for hydroxylation is 2. The topological polar surface area (TPSA) is 68.0 Å². The number of likely N-dealkylation sites (N-methyl/N-ethyl adjacent to an activating group) is 1. The number of pyridine rings is 1. The summed E-state index contributed by atoms with van der Waals surface area (Å²) in [6.45, 7) is 3.80. The van der Waals surface area contributed by atoms with Crippen LogP contribution in [0.1, 0.15) is 16.8 Å². The highest BCUT2D eigenvalue weighted by molar-refractivity contribution is 5.79. The zero-order valence-electron chi connectivity index (χ0n) is 8.72. The van der Waals surface area contributed by atoms with Gasteiger partial charge in [-0.1, -0.05) is 0 Å². The molecule has 0 unspecified atom stereocenters. The largest absolute Gasteiger partial charge is 0.384 e. The molecule has 0 spiro atoms. The van der Waals surface area contributed by atoms with E-state index in [1.807, 2.05) is 13.8 Å². The van der Waals surface area contributed by atoms with Gasteiger partial charge in [0.25, 0.3) is 0 Å². The zero-order chi connectivity index (χ0) is 10.7. The van der Waals surface area contributed by atoms with Crippen LogP contribution in [-0.4, -0.2) is 17.9 Å². The van der Waals surface area contributed by atoms with Gasteiger partial charge in [0, 0.05) is 12.7 Å². The normalized spacial score (nSPS) is 9.93. The Morgan fingerprint density at radius 3 is 2.71 bits per heavy atom. The van der Waals surface area contributed by atoms with Crippen LogP contribution >= 0.6 is 0 Å². The summed E-state index contributed by atoms with van der Waals surface area (Å²) in [4.78, 5) is 15.3. The maximum absolute atomic E-state index is 11.2. The Morgan fingerprint density at radius 2 is 2.21 bits per heavy atom. The molecular formula is C10H15N3O. The number of anilines is 1. The Kier molecular flexibility index (Phi) is 3.06. The maximum atomic E-state index is 11.2. The molecule has 1 rings (SSSR count). The van der Waals surface area contributed by atoms with Crippen LogP contribution in [0.2, 0.25) is 0 Å². The first-order valence-corrected chi connectivity index (χ1v) is 4.47. The van der Waals surface area contributed by atoms with Crippen LogP contribution in [0.5, 0.6) is 0 Å². The molecule has 1 aromatic heterocycles. The molecule has 0 saturated carbocycles. The highest BCUT2D eigenvalue weighted by atomic mass is 16.1. The second-order valence-electron chi connectivity index (χ2n) is 3.28. The monoisotopic (exact) mass is 193 g/mol. The molecule has 0 atom stereocenters. The fourth-order valence-electron chi connectivity index (χ4n) is 1.40. The van der Waals surface area contributed by atoms with E-state index in [1.54, 1.807) is 13.1 Å². The summed E-state index contributed by atoms with van der Waals surface area (Å²) in [5.74, 6) is 0.489. The number of nitrogens with one attached hydrogen (secondary N) is 1. The van der Waals surface area contributed by atoms with Crippen molar-refractivity contribution in [1.29, 1.82) is 0 Å². The Morgan fingerprint density at radius 1 is 1.57 bits per heavy atom. The number of carbonyl (C=O) groups is 1. The van der Waals surface area contributed by atoms with Crippen molar-refractivity contribution in [3.63, 3.8) is 0 Å². The molecule has 1 heterocycles. The fourth-order valence-corrected chi connectivity index (χ4v) is 1.40. The number of amides is 1. The highest BCUT2D eigenvalue weighted by Gasteiger charge is 2.08. The predicted octanol–water partition coefficient (Wildman–Crippen LogP) is 0.569. The molecule has 4 heteroatoms. The van der Waals surface area contributed by atoms with Crippen molar-refractivity contribution < 1.29 is 4.79 Å². The van der Waals surface area contributed by atoms with Crippen molar-refractivity contribution in [3.8, 4) is 0 Å². The van der Waals surface area contributed by atoms with Crippen LogP contribution < -0.4 is 11.1 Å². The molecule has 0 radical (unpaired) electrons. The number of nitrogens with two attached hydrogens (primary N) is 1. The van der Waals surface area contributed by atoms with Crippen LogP contribution in [0.25, 0.3) is 0 Å². The number of nitrogens with zero attached hydrogens (tertiary/aromatic N) is 1. The van der Waals surface area contributed by atoms with E-state index in [2.05, 4.69) is 10.3 Å². The summed E-state index contributed by atoms with van der Waals surface area (Å²) in [6.07, 6.45) is 0.363. The summed E-state index contributed by atoms with van der Waals surface area (Å²) in [5.41, 5.74) is 8.37. The second kappa shape index (κ2) is 4.09. The highest BCUT2D eigenvalue weighted by Crippen LogP contribution is 2.14. The summed E-state index contributed by atoms with van der Waals surface area (Å²) in [5, 5.41) is 2.58. The summed E-state index contributed by atoms with van der Waals surface area (Å²) in [6, 6.07) is 1.78. The Hall–Kier alpha value is -1.58. The fraction of sp³-hybridized carbons (Fsp3) is 0.400. The van der Waals surface area contributed by atoms with E-state index >= 15 is 0 Å². The molecule has 0 fully saturated rings. The number of aromatic nitrogens is 1. The van der Waals surface area contributed by atoms with E-state index in [0.29, 0.717) is 12.2 Å². The number of carbonyl (C=O) groups excluding carboxylic acids is 1. The van der Waals surface area contributed by atoms with Crippen molar-refractivity contribution in [2.45, 2.75) is 20.3 Å². The second-order valence-corrected chi connectivity index (χ2v) is 3.28. The smallest absolute Gasteiger partial charge is 0.224 e. The van der Waals surface area contributed by atoms with Crippen LogP contribution in [-0.2, 0) is 11.2 Å². The Balaban J connectivity index is 3.02. The van der Waals surface area contributed by atoms with E-state index in [0.717, 1.165) is 16.8 Å². The summed E-state index contributed by atoms with van der Waals surface area (Å²) < 4.78 is 0. The quantitative estimate of drug-likeness (QED) is 0.721. The molecule has 0 aliphatic rings. The van der Waals surface area contributed by atoms with Gasteiger partial charge in [-0.25, -0.2) is 4.98 Å². The minimum Gasteiger partial charge on any atom is -0.384 e. The van der Waals surface area contributed by atoms with Gasteiger partial charge in [-0.2, -0.15) is 0 Å². The molecule has 0 bridgehead atoms. The molecule has 0 aromatic carbocycles. The molecule has 14 heavy (non-hydrogen) atoms. The minimum absolute atomic E-state index is 0.0113. The van der Waals surface area contributed by atoms with E-state index in [4.69, 9.17) is 5.73 Å². The van der Waals surface area contributed by atoms with Gasteiger partial charge < -0.3 is 11.1 Å². The van der Waals surface area contributed by atoms with Crippen molar-refractivity contribution in [3.05, 3.63) is 22.9 Å². The van der Waals surface area contributed by atoms with Gasteiger partial charge in [0.05, 0.1) is 6.42 Å². The molecule has 1 aromatic rings. The van der Waals surface area contributed by atoms with Crippen LogP contribution in [0.15, 0.2) is 6.07 Å². The molecule has 0 saturated heterocycles. The standard InChI is InChI=1S/C10H15N3O/c1-6-4-9(11)13-7(2)8(6)5-10(14)12-3/h4H,5H2,1-3H3,(H2,11,13)(H,12,14). The van der Waals surface area contributed by atoms with Crippen LogP contribution in [0, 0.1) is 13.8 Å². The predicted molar refractivity (Wildman–Crippen MR) is 55.9 cm³/mol. The first-order chi connectivity index (χ1) is 6.54. The van der Waals surface area contributed by atoms with Crippen molar-refractivity contribution >= 4 is 11.7 Å². The molecule has 4 nitrogen and oxygen atoms in total. The van der Waals surface area contributed by atoms with Gasteiger partial charge >= 0.3 is 0 Å². The van der Waals surface area contributed by atoms with E-state index in [1.165, 1.54) is 0 Å². The lowest BCUT2D eigenvalue weighted by Crippen LogP contribution is -2.21. The van der Waals surface area contributed by atoms with Gasteiger partial charge in [0.2, 0.25) is 5.91 Å². The van der Waals surface area contributed by atoms with E-state index < -0.39 is 0 Å². The number of rotatable bonds is 2. The summed E-state index contributed by atoms with van der Waals surface area (Å²) >= 11 is 0. The summed E-state index contributed by atoms with van der Waals surface area (Å²) in [7, 11) is 1.62. The zero-order valence-corrected chi connectivity index (χ0v) is 8.72. The Bertz CT molecular complexity index is 337. The number of hydrogen-bond acceptors (Lipinski definition) is 3. The average molecular weight is 193 g/mol. The Labute approximate surface area is 83.5 Å². The van der Waals surface area contributed by atoms with Gasteiger partial charge in [-0.05, 0) is 31.0 Å². The first kappa shape index (κ1) is 10.5. The lowest BCUT2D eigenvalue weighted by molar-refractivity contribution is -0.119. The van der Waals surface area contributed by atoms with Crippen LogP contribution in [0.4, 0.5) is 5.82 Å². The average Bonchev–Trinajstić information content (AvgIpc) is 2.10. The third-order valence-corrected chi connectivity index (χ3v) is 2.19. The van der Waals surface area contributed by atoms with Gasteiger partial charge in [-0.15, -0.1) is 0 Å². The minimum atomic E-state index is -0.0113. The van der Waals surface area contributed by atoms with Gasteiger partial charge in [-0.3, -0.25) is 4.79 Å². The molecular weight excluding hydrogens is 178 g/mol. The third-order valence-electron chi connectivity index (χ3n) is 2.19. The van der Waals surface area contributed by atoms with E-state index in [9.17, 15) is 4.79 Å². The number of nitrogen functional groups attached to an aromatic ring is 1. The number of hydrogen-bond donors (Lipinski definition) is 2. The van der Waals surface area contributed by atoms with E-state index in [-0.39, 0.29) is 5.91 Å². The van der Waals surface area contributed by atoms with Crippen molar-refractivity contribution in [1.82, 2.24) is 10.3 Å². The van der Waals surface area contributed by atoms with Crippen molar-refractivity contribution in [2.24, 2.45) is 0 Å². The molecule has 3 N–H and O–H groups in total. The first-order valence-electron chi connectivity index (χ1n) is 4.47. The molecule has 0 aliphatic carbocycles. The maximum Gasteiger partial charge on any atom is 0.224 e. The molecule has 76 valence electrons. The SMILES string of the molecule is CNC(=O)Cc1c(C)cc(N)nc1C. The van der Waals surface area contributed by atoms with Crippen molar-refractivity contribution in [2.75, 3.05) is 12.8 Å². The molecule has 0 aliphatic heterocycles.